The molecule has 5 rings (SSSR count). The van der Waals surface area contributed by atoms with E-state index in [2.05, 4.69) is 15.2 Å². The molecule has 2 bridgehead atoms. The van der Waals surface area contributed by atoms with E-state index in [1.165, 1.54) is 19.1 Å². The van der Waals surface area contributed by atoms with Gasteiger partial charge in [-0.25, -0.2) is 0 Å². The number of hydrogen-bond acceptors (Lipinski definition) is 4. The van der Waals surface area contributed by atoms with Crippen molar-refractivity contribution in [3.63, 3.8) is 0 Å². The molecule has 1 saturated heterocycles. The molecule has 3 aromatic rings. The molecule has 4 heterocycles. The van der Waals surface area contributed by atoms with Gasteiger partial charge in [0, 0.05) is 30.1 Å². The number of carbonyl (C=O) groups is 1. The Morgan fingerprint density at radius 1 is 1.13 bits per heavy atom. The zero-order valence-corrected chi connectivity index (χ0v) is 16.8. The Balaban J connectivity index is 1.55. The van der Waals surface area contributed by atoms with E-state index in [9.17, 15) is 18.0 Å². The van der Waals surface area contributed by atoms with Gasteiger partial charge < -0.3 is 9.47 Å². The molecule has 0 spiro atoms. The Morgan fingerprint density at radius 3 is 2.71 bits per heavy atom. The highest BCUT2D eigenvalue weighted by molar-refractivity contribution is 5.96. The zero-order valence-electron chi connectivity index (χ0n) is 16.8. The van der Waals surface area contributed by atoms with Crippen LogP contribution in [-0.2, 0) is 12.7 Å². The third kappa shape index (κ3) is 3.19. The molecule has 0 aliphatic carbocycles. The molecule has 2 aliphatic heterocycles. The molecule has 1 fully saturated rings. The van der Waals surface area contributed by atoms with E-state index >= 15 is 0 Å². The van der Waals surface area contributed by atoms with Gasteiger partial charge in [-0.1, -0.05) is 6.07 Å². The minimum Gasteiger partial charge on any atom is -0.324 e. The molecule has 0 N–H and O–H groups in total. The second kappa shape index (κ2) is 7.18. The quantitative estimate of drug-likeness (QED) is 0.608. The van der Waals surface area contributed by atoms with Crippen LogP contribution >= 0.6 is 0 Å². The van der Waals surface area contributed by atoms with Crippen molar-refractivity contribution in [3.8, 4) is 11.4 Å². The van der Waals surface area contributed by atoms with Crippen molar-refractivity contribution in [1.29, 1.82) is 0 Å². The summed E-state index contributed by atoms with van der Waals surface area (Å²) in [6.45, 7) is 1.87. The van der Waals surface area contributed by atoms with Crippen LogP contribution in [0.5, 0.6) is 0 Å². The van der Waals surface area contributed by atoms with Crippen LogP contribution in [0.4, 0.5) is 13.2 Å². The van der Waals surface area contributed by atoms with E-state index in [-0.39, 0.29) is 29.1 Å². The monoisotopic (exact) mass is 427 g/mol. The fraction of sp³-hybridized carbons (Fsp3) is 0.364. The van der Waals surface area contributed by atoms with Crippen molar-refractivity contribution in [2.75, 3.05) is 0 Å². The van der Waals surface area contributed by atoms with Crippen molar-refractivity contribution in [1.82, 2.24) is 24.6 Å². The lowest BCUT2D eigenvalue weighted by molar-refractivity contribution is -0.138. The molecule has 9 heteroatoms. The van der Waals surface area contributed by atoms with Crippen molar-refractivity contribution in [2.24, 2.45) is 0 Å². The first-order chi connectivity index (χ1) is 14.9. The smallest absolute Gasteiger partial charge is 0.324 e. The molecule has 2 unspecified atom stereocenters. The molecule has 0 radical (unpaired) electrons. The summed E-state index contributed by atoms with van der Waals surface area (Å²) in [5.41, 5.74) is 0.115. The van der Waals surface area contributed by atoms with Crippen molar-refractivity contribution in [2.45, 2.75) is 51.0 Å². The van der Waals surface area contributed by atoms with Gasteiger partial charge in [0.2, 0.25) is 0 Å². The van der Waals surface area contributed by atoms with Gasteiger partial charge >= 0.3 is 6.18 Å². The number of alkyl halides is 3. The van der Waals surface area contributed by atoms with Gasteiger partial charge in [0.05, 0.1) is 17.6 Å². The number of piperidine rings is 1. The third-order valence-corrected chi connectivity index (χ3v) is 6.24. The molecular weight excluding hydrogens is 407 g/mol. The first kappa shape index (κ1) is 19.7. The molecule has 6 nitrogen and oxygen atoms in total. The van der Waals surface area contributed by atoms with Crippen LogP contribution in [0.1, 0.15) is 52.6 Å². The maximum atomic E-state index is 13.5. The topological polar surface area (TPSA) is 63.9 Å². The Kier molecular flexibility index (Phi) is 4.56. The number of pyridine rings is 1. The van der Waals surface area contributed by atoms with Crippen molar-refractivity contribution >= 4 is 5.91 Å². The first-order valence-corrected chi connectivity index (χ1v) is 10.2. The van der Waals surface area contributed by atoms with E-state index in [4.69, 9.17) is 0 Å². The Bertz CT molecular complexity index is 1140. The van der Waals surface area contributed by atoms with Gasteiger partial charge in [0.15, 0.2) is 11.6 Å². The van der Waals surface area contributed by atoms with Crippen LogP contribution in [0.2, 0.25) is 0 Å². The fourth-order valence-electron chi connectivity index (χ4n) is 4.79. The summed E-state index contributed by atoms with van der Waals surface area (Å²) in [5.74, 6) is 0.991. The van der Waals surface area contributed by atoms with Gasteiger partial charge in [-0.15, -0.1) is 10.2 Å². The summed E-state index contributed by atoms with van der Waals surface area (Å²) < 4.78 is 42.1. The highest BCUT2D eigenvalue weighted by Crippen LogP contribution is 2.41. The minimum absolute atomic E-state index is 0.0406. The standard InChI is InChI=1S/C22H20F3N5O/c1-13-16(7-3-8-17(13)22(23,24)25)21(31)30-15-6-2-9-18(30)20-28-27-19(29(20)12-15)14-5-4-10-26-11-14/h3-5,7-8,10-11,15,18H,2,6,9,12H2,1H3. The number of nitrogens with zero attached hydrogens (tertiary/aromatic N) is 5. The van der Waals surface area contributed by atoms with Gasteiger partial charge in [0.25, 0.3) is 5.91 Å². The van der Waals surface area contributed by atoms with E-state index in [0.29, 0.717) is 24.6 Å². The van der Waals surface area contributed by atoms with Crippen LogP contribution in [0, 0.1) is 6.92 Å². The molecule has 1 aromatic carbocycles. The maximum Gasteiger partial charge on any atom is 0.416 e. The maximum absolute atomic E-state index is 13.5. The predicted molar refractivity (Wildman–Crippen MR) is 106 cm³/mol. The normalized spacial score (nSPS) is 20.5. The predicted octanol–water partition coefficient (Wildman–Crippen LogP) is 4.42. The molecule has 2 aliphatic rings. The second-order valence-corrected chi connectivity index (χ2v) is 8.02. The van der Waals surface area contributed by atoms with Crippen molar-refractivity contribution < 1.29 is 18.0 Å². The van der Waals surface area contributed by atoms with Crippen LogP contribution in [0.15, 0.2) is 42.7 Å². The number of halogens is 3. The Labute approximate surface area is 176 Å². The lowest BCUT2D eigenvalue weighted by atomic mass is 9.90. The SMILES string of the molecule is Cc1c(C(=O)N2C3CCCC2c2nnc(-c4cccnc4)n2C3)cccc1C(F)(F)F. The number of amides is 1. The van der Waals surface area contributed by atoms with Crippen LogP contribution in [-0.4, -0.2) is 36.6 Å². The Morgan fingerprint density at radius 2 is 1.97 bits per heavy atom. The van der Waals surface area contributed by atoms with Gasteiger partial charge in [-0.3, -0.25) is 9.78 Å². The fourth-order valence-corrected chi connectivity index (χ4v) is 4.79. The molecule has 2 atom stereocenters. The lowest BCUT2D eigenvalue weighted by Crippen LogP contribution is -2.52. The van der Waals surface area contributed by atoms with Crippen LogP contribution < -0.4 is 0 Å². The number of rotatable bonds is 2. The minimum atomic E-state index is -4.50. The highest BCUT2D eigenvalue weighted by Gasteiger charge is 2.44. The third-order valence-electron chi connectivity index (χ3n) is 6.24. The summed E-state index contributed by atoms with van der Waals surface area (Å²) in [6.07, 6.45) is 1.31. The lowest BCUT2D eigenvalue weighted by Gasteiger charge is -2.46. The summed E-state index contributed by atoms with van der Waals surface area (Å²) in [6, 6.07) is 7.08. The summed E-state index contributed by atoms with van der Waals surface area (Å²) in [5, 5.41) is 8.72. The number of fused-ring (bicyclic) bond motifs is 4. The van der Waals surface area contributed by atoms with Crippen molar-refractivity contribution in [3.05, 3.63) is 65.2 Å². The zero-order chi connectivity index (χ0) is 21.8. The molecule has 160 valence electrons. The number of carbonyl (C=O) groups excluding carboxylic acids is 1. The van der Waals surface area contributed by atoms with E-state index in [1.54, 1.807) is 17.3 Å². The number of benzene rings is 1. The summed E-state index contributed by atoms with van der Waals surface area (Å²) >= 11 is 0. The van der Waals surface area contributed by atoms with Crippen LogP contribution in [0.25, 0.3) is 11.4 Å². The van der Waals surface area contributed by atoms with E-state index < -0.39 is 11.7 Å². The van der Waals surface area contributed by atoms with E-state index in [1.807, 2.05) is 16.7 Å². The number of hydrogen-bond donors (Lipinski definition) is 0. The average Bonchev–Trinajstić information content (AvgIpc) is 3.16. The molecular formula is C22H20F3N5O. The van der Waals surface area contributed by atoms with Crippen LogP contribution in [0.3, 0.4) is 0 Å². The average molecular weight is 427 g/mol. The van der Waals surface area contributed by atoms with Gasteiger partial charge in [-0.05, 0) is 56.0 Å². The molecule has 2 aromatic heterocycles. The van der Waals surface area contributed by atoms with Gasteiger partial charge in [-0.2, -0.15) is 13.2 Å². The first-order valence-electron chi connectivity index (χ1n) is 10.2. The van der Waals surface area contributed by atoms with E-state index in [0.717, 1.165) is 24.5 Å². The molecule has 0 saturated carbocycles. The Hall–Kier alpha value is -3.23. The van der Waals surface area contributed by atoms with Gasteiger partial charge in [0.1, 0.15) is 0 Å². The number of aromatic nitrogens is 4. The highest BCUT2D eigenvalue weighted by atomic mass is 19.4. The molecule has 1 amide bonds. The summed E-state index contributed by atoms with van der Waals surface area (Å²) in [7, 11) is 0. The summed E-state index contributed by atoms with van der Waals surface area (Å²) in [4.78, 5) is 19.4. The largest absolute Gasteiger partial charge is 0.416 e. The second-order valence-electron chi connectivity index (χ2n) is 8.02. The molecule has 31 heavy (non-hydrogen) atoms.